The van der Waals surface area contributed by atoms with Crippen molar-refractivity contribution >= 4 is 5.91 Å². The lowest BCUT2D eigenvalue weighted by molar-refractivity contribution is -0.133. The summed E-state index contributed by atoms with van der Waals surface area (Å²) in [5.74, 6) is 0.761. The standard InChI is InChI=1S/C17H32N2O2/c1-14-6-10-17(21,11-7-14)13-19-15(20)16(12-18)8-4-2-3-5-9-16/h14,21H,2-13,18H2,1H3,(H,19,20). The van der Waals surface area contributed by atoms with Gasteiger partial charge in [-0.15, -0.1) is 0 Å². The summed E-state index contributed by atoms with van der Waals surface area (Å²) in [6.45, 7) is 3.04. The summed E-state index contributed by atoms with van der Waals surface area (Å²) < 4.78 is 0. The van der Waals surface area contributed by atoms with E-state index in [9.17, 15) is 9.90 Å². The largest absolute Gasteiger partial charge is 0.388 e. The van der Waals surface area contributed by atoms with Gasteiger partial charge in [-0.25, -0.2) is 0 Å². The molecule has 0 bridgehead atoms. The first-order valence-corrected chi connectivity index (χ1v) is 8.70. The summed E-state index contributed by atoms with van der Waals surface area (Å²) in [6.07, 6.45) is 10.1. The smallest absolute Gasteiger partial charge is 0.227 e. The zero-order valence-corrected chi connectivity index (χ0v) is 13.5. The molecule has 0 heterocycles. The van der Waals surface area contributed by atoms with Crippen molar-refractivity contribution in [1.82, 2.24) is 5.32 Å². The van der Waals surface area contributed by atoms with E-state index in [0.29, 0.717) is 19.0 Å². The fraction of sp³-hybridized carbons (Fsp3) is 0.941. The molecule has 0 aliphatic heterocycles. The lowest BCUT2D eigenvalue weighted by Crippen LogP contribution is -2.51. The Morgan fingerprint density at radius 2 is 1.71 bits per heavy atom. The molecule has 21 heavy (non-hydrogen) atoms. The quantitative estimate of drug-likeness (QED) is 0.697. The summed E-state index contributed by atoms with van der Waals surface area (Å²) in [7, 11) is 0. The molecule has 0 unspecified atom stereocenters. The molecule has 0 atom stereocenters. The lowest BCUT2D eigenvalue weighted by atomic mass is 9.77. The Balaban J connectivity index is 1.90. The van der Waals surface area contributed by atoms with Crippen LogP contribution in [-0.4, -0.2) is 29.7 Å². The molecule has 0 saturated heterocycles. The topological polar surface area (TPSA) is 75.3 Å². The summed E-state index contributed by atoms with van der Waals surface area (Å²) in [4.78, 5) is 12.7. The van der Waals surface area contributed by atoms with E-state index in [1.54, 1.807) is 0 Å². The second-order valence-corrected chi connectivity index (χ2v) is 7.49. The van der Waals surface area contributed by atoms with Gasteiger partial charge in [-0.2, -0.15) is 0 Å². The van der Waals surface area contributed by atoms with E-state index in [0.717, 1.165) is 51.4 Å². The molecule has 4 N–H and O–H groups in total. The maximum atomic E-state index is 12.7. The van der Waals surface area contributed by atoms with Crippen molar-refractivity contribution < 1.29 is 9.90 Å². The van der Waals surface area contributed by atoms with Gasteiger partial charge in [-0.05, 0) is 44.4 Å². The van der Waals surface area contributed by atoms with E-state index in [1.807, 2.05) is 0 Å². The fourth-order valence-corrected chi connectivity index (χ4v) is 3.84. The highest BCUT2D eigenvalue weighted by Crippen LogP contribution is 2.35. The number of nitrogens with two attached hydrogens (primary N) is 1. The summed E-state index contributed by atoms with van der Waals surface area (Å²) in [5, 5.41) is 13.6. The Hall–Kier alpha value is -0.610. The van der Waals surface area contributed by atoms with Crippen LogP contribution < -0.4 is 11.1 Å². The highest BCUT2D eigenvalue weighted by molar-refractivity contribution is 5.83. The second-order valence-electron chi connectivity index (χ2n) is 7.49. The summed E-state index contributed by atoms with van der Waals surface area (Å²) in [6, 6.07) is 0. The van der Waals surface area contributed by atoms with E-state index in [1.165, 1.54) is 12.8 Å². The molecule has 4 nitrogen and oxygen atoms in total. The van der Waals surface area contributed by atoms with Crippen LogP contribution in [0.1, 0.15) is 71.1 Å². The Labute approximate surface area is 128 Å². The van der Waals surface area contributed by atoms with Crippen LogP contribution in [0.25, 0.3) is 0 Å². The molecule has 0 aromatic carbocycles. The molecule has 2 rings (SSSR count). The highest BCUT2D eigenvalue weighted by Gasteiger charge is 2.39. The third-order valence-corrected chi connectivity index (χ3v) is 5.72. The first-order chi connectivity index (χ1) is 10.00. The maximum Gasteiger partial charge on any atom is 0.227 e. The van der Waals surface area contributed by atoms with Crippen molar-refractivity contribution in [2.45, 2.75) is 76.7 Å². The summed E-state index contributed by atoms with van der Waals surface area (Å²) in [5.41, 5.74) is 4.85. The zero-order valence-electron chi connectivity index (χ0n) is 13.5. The van der Waals surface area contributed by atoms with Crippen molar-refractivity contribution in [3.63, 3.8) is 0 Å². The minimum Gasteiger partial charge on any atom is -0.388 e. The van der Waals surface area contributed by atoms with Crippen LogP contribution in [0.3, 0.4) is 0 Å². The van der Waals surface area contributed by atoms with Gasteiger partial charge in [0.05, 0.1) is 11.0 Å². The number of amides is 1. The average molecular weight is 296 g/mol. The minimum atomic E-state index is -0.706. The van der Waals surface area contributed by atoms with Gasteiger partial charge in [0.1, 0.15) is 0 Å². The van der Waals surface area contributed by atoms with Gasteiger partial charge >= 0.3 is 0 Å². The molecule has 0 aromatic heterocycles. The Kier molecular flexibility index (Phi) is 5.67. The Morgan fingerprint density at radius 1 is 1.14 bits per heavy atom. The molecule has 1 amide bonds. The van der Waals surface area contributed by atoms with E-state index in [4.69, 9.17) is 5.73 Å². The van der Waals surface area contributed by atoms with Crippen LogP contribution in [0.15, 0.2) is 0 Å². The highest BCUT2D eigenvalue weighted by atomic mass is 16.3. The summed E-state index contributed by atoms with van der Waals surface area (Å²) >= 11 is 0. The molecule has 122 valence electrons. The number of aliphatic hydroxyl groups is 1. The van der Waals surface area contributed by atoms with Crippen LogP contribution in [-0.2, 0) is 4.79 Å². The molecular formula is C17H32N2O2. The monoisotopic (exact) mass is 296 g/mol. The normalized spacial score (nSPS) is 33.2. The number of carbonyl (C=O) groups is 1. The minimum absolute atomic E-state index is 0.0685. The molecule has 0 radical (unpaired) electrons. The van der Waals surface area contributed by atoms with Crippen LogP contribution in [0.2, 0.25) is 0 Å². The first kappa shape index (κ1) is 16.8. The fourth-order valence-electron chi connectivity index (χ4n) is 3.84. The molecule has 0 aromatic rings. The van der Waals surface area contributed by atoms with Gasteiger partial charge < -0.3 is 16.2 Å². The second kappa shape index (κ2) is 7.10. The molecule has 0 spiro atoms. The molecule has 2 fully saturated rings. The van der Waals surface area contributed by atoms with Gasteiger partial charge in [-0.1, -0.05) is 32.6 Å². The molecule has 2 aliphatic carbocycles. The zero-order chi connectivity index (χ0) is 15.3. The number of nitrogens with one attached hydrogen (secondary N) is 1. The molecular weight excluding hydrogens is 264 g/mol. The van der Waals surface area contributed by atoms with Gasteiger partial charge in [0.2, 0.25) is 5.91 Å². The number of rotatable bonds is 4. The van der Waals surface area contributed by atoms with Gasteiger partial charge in [0, 0.05) is 13.1 Å². The van der Waals surface area contributed by atoms with Crippen LogP contribution in [0.5, 0.6) is 0 Å². The van der Waals surface area contributed by atoms with E-state index in [-0.39, 0.29) is 5.91 Å². The van der Waals surface area contributed by atoms with Gasteiger partial charge in [0.25, 0.3) is 0 Å². The van der Waals surface area contributed by atoms with Gasteiger partial charge in [-0.3, -0.25) is 4.79 Å². The van der Waals surface area contributed by atoms with Crippen molar-refractivity contribution in [3.8, 4) is 0 Å². The van der Waals surface area contributed by atoms with Crippen LogP contribution in [0, 0.1) is 11.3 Å². The predicted octanol–water partition coefficient (Wildman–Crippen LogP) is 2.34. The molecule has 2 aliphatic rings. The predicted molar refractivity (Wildman–Crippen MR) is 84.8 cm³/mol. The van der Waals surface area contributed by atoms with Crippen molar-refractivity contribution in [3.05, 3.63) is 0 Å². The maximum absolute atomic E-state index is 12.7. The first-order valence-electron chi connectivity index (χ1n) is 8.70. The lowest BCUT2D eigenvalue weighted by Gasteiger charge is -2.37. The third kappa shape index (κ3) is 4.19. The number of hydrogen-bond donors (Lipinski definition) is 3. The van der Waals surface area contributed by atoms with E-state index >= 15 is 0 Å². The number of carbonyl (C=O) groups excluding carboxylic acids is 1. The van der Waals surface area contributed by atoms with E-state index in [2.05, 4.69) is 12.2 Å². The Bertz CT molecular complexity index is 341. The van der Waals surface area contributed by atoms with Crippen LogP contribution >= 0.6 is 0 Å². The molecule has 2 saturated carbocycles. The van der Waals surface area contributed by atoms with Crippen LogP contribution in [0.4, 0.5) is 0 Å². The molecule has 4 heteroatoms. The average Bonchev–Trinajstić information content (AvgIpc) is 2.75. The van der Waals surface area contributed by atoms with Crippen molar-refractivity contribution in [2.75, 3.05) is 13.1 Å². The Morgan fingerprint density at radius 3 is 2.24 bits per heavy atom. The number of hydrogen-bond acceptors (Lipinski definition) is 3. The van der Waals surface area contributed by atoms with Crippen molar-refractivity contribution in [2.24, 2.45) is 17.1 Å². The SMILES string of the molecule is CC1CCC(O)(CNC(=O)C2(CN)CCCCCC2)CC1. The van der Waals surface area contributed by atoms with Crippen molar-refractivity contribution in [1.29, 1.82) is 0 Å². The van der Waals surface area contributed by atoms with Gasteiger partial charge in [0.15, 0.2) is 0 Å². The van der Waals surface area contributed by atoms with E-state index < -0.39 is 11.0 Å². The third-order valence-electron chi connectivity index (χ3n) is 5.72.